The van der Waals surface area contributed by atoms with Crippen molar-refractivity contribution in [1.82, 2.24) is 9.88 Å². The maximum Gasteiger partial charge on any atom is 0.152 e. The second kappa shape index (κ2) is 9.26. The average Bonchev–Trinajstić information content (AvgIpc) is 2.90. The Morgan fingerprint density at radius 1 is 1.14 bits per heavy atom. The molecule has 4 nitrogen and oxygen atoms in total. The van der Waals surface area contributed by atoms with Crippen molar-refractivity contribution in [1.29, 1.82) is 0 Å². The summed E-state index contributed by atoms with van der Waals surface area (Å²) in [6.07, 6.45) is 8.14. The van der Waals surface area contributed by atoms with Crippen LogP contribution in [0, 0.1) is 0 Å². The van der Waals surface area contributed by atoms with Crippen molar-refractivity contribution in [3.8, 4) is 0 Å². The predicted molar refractivity (Wildman–Crippen MR) is 89.3 cm³/mol. The van der Waals surface area contributed by atoms with Gasteiger partial charge in [0.15, 0.2) is 9.84 Å². The van der Waals surface area contributed by atoms with Crippen LogP contribution in [-0.2, 0) is 16.4 Å². The maximum absolute atomic E-state index is 11.8. The maximum atomic E-state index is 11.8. The molecule has 5 heteroatoms. The van der Waals surface area contributed by atoms with E-state index in [1.807, 2.05) is 17.7 Å². The van der Waals surface area contributed by atoms with Gasteiger partial charge < -0.3 is 9.88 Å². The molecule has 0 amide bonds. The van der Waals surface area contributed by atoms with Gasteiger partial charge in [-0.15, -0.1) is 0 Å². The van der Waals surface area contributed by atoms with Gasteiger partial charge in [0.1, 0.15) is 0 Å². The number of rotatable bonds is 11. The molecule has 1 unspecified atom stereocenters. The minimum Gasteiger partial charge on any atom is -0.353 e. The molecule has 0 aliphatic carbocycles. The standard InChI is InChI=1S/C16H30N2O2S/c1-4-7-16(17-9-5-2)15-8-10-18(14-15)11-13-21(19,20)12-6-3/h8,10,14,16-17H,4-7,9,11-13H2,1-3H3. The molecule has 0 aliphatic rings. The van der Waals surface area contributed by atoms with Crippen molar-refractivity contribution in [3.63, 3.8) is 0 Å². The lowest BCUT2D eigenvalue weighted by Crippen LogP contribution is -2.21. The Hall–Kier alpha value is -0.810. The molecule has 1 heterocycles. The summed E-state index contributed by atoms with van der Waals surface area (Å²) in [5.74, 6) is 0.521. The molecule has 0 aromatic carbocycles. The zero-order chi connectivity index (χ0) is 15.7. The molecule has 0 aliphatic heterocycles. The van der Waals surface area contributed by atoms with Crippen molar-refractivity contribution < 1.29 is 8.42 Å². The average molecular weight is 314 g/mol. The SMILES string of the molecule is CCCNC(CCC)c1ccn(CCS(=O)(=O)CCC)c1. The van der Waals surface area contributed by atoms with Gasteiger partial charge >= 0.3 is 0 Å². The van der Waals surface area contributed by atoms with Crippen LogP contribution in [0.2, 0.25) is 0 Å². The summed E-state index contributed by atoms with van der Waals surface area (Å²) in [5.41, 5.74) is 1.26. The van der Waals surface area contributed by atoms with Gasteiger partial charge in [-0.05, 0) is 37.4 Å². The van der Waals surface area contributed by atoms with Gasteiger partial charge in [0.2, 0.25) is 0 Å². The van der Waals surface area contributed by atoms with Crippen LogP contribution in [0.3, 0.4) is 0 Å². The molecule has 1 N–H and O–H groups in total. The highest BCUT2D eigenvalue weighted by atomic mass is 32.2. The van der Waals surface area contributed by atoms with E-state index in [2.05, 4.69) is 31.4 Å². The molecule has 1 rings (SSSR count). The van der Waals surface area contributed by atoms with E-state index in [1.54, 1.807) is 0 Å². The van der Waals surface area contributed by atoms with Crippen molar-refractivity contribution in [3.05, 3.63) is 24.0 Å². The number of nitrogens with one attached hydrogen (secondary N) is 1. The number of sulfone groups is 1. The van der Waals surface area contributed by atoms with Crippen LogP contribution in [0.15, 0.2) is 18.5 Å². The molecule has 1 aromatic heterocycles. The van der Waals surface area contributed by atoms with Crippen LogP contribution in [0.4, 0.5) is 0 Å². The van der Waals surface area contributed by atoms with Crippen molar-refractivity contribution in [2.45, 2.75) is 59.0 Å². The lowest BCUT2D eigenvalue weighted by atomic mass is 10.1. The third-order valence-corrected chi connectivity index (χ3v) is 5.40. The molecule has 0 saturated heterocycles. The summed E-state index contributed by atoms with van der Waals surface area (Å²) >= 11 is 0. The van der Waals surface area contributed by atoms with Gasteiger partial charge in [-0.1, -0.05) is 27.2 Å². The first-order chi connectivity index (χ1) is 10.0. The molecule has 1 atom stereocenters. The van der Waals surface area contributed by atoms with Crippen LogP contribution in [0.5, 0.6) is 0 Å². The van der Waals surface area contributed by atoms with Gasteiger partial charge in [0.05, 0.1) is 5.75 Å². The van der Waals surface area contributed by atoms with Crippen LogP contribution < -0.4 is 5.32 Å². The van der Waals surface area contributed by atoms with Gasteiger partial charge in [0.25, 0.3) is 0 Å². The minimum absolute atomic E-state index is 0.232. The van der Waals surface area contributed by atoms with Crippen molar-refractivity contribution >= 4 is 9.84 Å². The number of hydrogen-bond donors (Lipinski definition) is 1. The fraction of sp³-hybridized carbons (Fsp3) is 0.750. The van der Waals surface area contributed by atoms with E-state index in [1.165, 1.54) is 5.56 Å². The molecule has 0 spiro atoms. The van der Waals surface area contributed by atoms with E-state index in [-0.39, 0.29) is 11.5 Å². The van der Waals surface area contributed by atoms with E-state index >= 15 is 0 Å². The lowest BCUT2D eigenvalue weighted by molar-refractivity contribution is 0.493. The minimum atomic E-state index is -2.90. The van der Waals surface area contributed by atoms with Gasteiger partial charge in [-0.25, -0.2) is 8.42 Å². The van der Waals surface area contributed by atoms with E-state index in [4.69, 9.17) is 0 Å². The van der Waals surface area contributed by atoms with Gasteiger partial charge in [-0.2, -0.15) is 0 Å². The quantitative estimate of drug-likeness (QED) is 0.682. The van der Waals surface area contributed by atoms with Crippen molar-refractivity contribution in [2.24, 2.45) is 0 Å². The van der Waals surface area contributed by atoms with E-state index in [0.29, 0.717) is 19.0 Å². The zero-order valence-corrected chi connectivity index (χ0v) is 14.5. The number of aryl methyl sites for hydroxylation is 1. The molecule has 122 valence electrons. The smallest absolute Gasteiger partial charge is 0.152 e. The second-order valence-corrected chi connectivity index (χ2v) is 7.93. The van der Waals surface area contributed by atoms with E-state index < -0.39 is 9.84 Å². The van der Waals surface area contributed by atoms with Crippen LogP contribution in [0.25, 0.3) is 0 Å². The highest BCUT2D eigenvalue weighted by Gasteiger charge is 2.13. The summed E-state index contributed by atoms with van der Waals surface area (Å²) in [6, 6.07) is 2.48. The Morgan fingerprint density at radius 3 is 2.52 bits per heavy atom. The van der Waals surface area contributed by atoms with E-state index in [0.717, 1.165) is 25.8 Å². The molecule has 0 saturated carbocycles. The van der Waals surface area contributed by atoms with Gasteiger partial charge in [-0.3, -0.25) is 0 Å². The van der Waals surface area contributed by atoms with Crippen LogP contribution >= 0.6 is 0 Å². The fourth-order valence-corrected chi connectivity index (χ4v) is 3.77. The van der Waals surface area contributed by atoms with Crippen molar-refractivity contribution in [2.75, 3.05) is 18.1 Å². The molecule has 1 aromatic rings. The Kier molecular flexibility index (Phi) is 8.04. The van der Waals surface area contributed by atoms with E-state index in [9.17, 15) is 8.42 Å². The second-order valence-electron chi connectivity index (χ2n) is 5.63. The number of hydrogen-bond acceptors (Lipinski definition) is 3. The molecule has 0 bridgehead atoms. The zero-order valence-electron chi connectivity index (χ0n) is 13.6. The van der Waals surface area contributed by atoms with Crippen LogP contribution in [0.1, 0.15) is 58.1 Å². The predicted octanol–water partition coefficient (Wildman–Crippen LogP) is 3.15. The molecule has 21 heavy (non-hydrogen) atoms. The monoisotopic (exact) mass is 314 g/mol. The number of nitrogens with zero attached hydrogens (tertiary/aromatic N) is 1. The molecular weight excluding hydrogens is 284 g/mol. The first kappa shape index (κ1) is 18.2. The Morgan fingerprint density at radius 2 is 1.90 bits per heavy atom. The highest BCUT2D eigenvalue weighted by molar-refractivity contribution is 7.91. The Balaban J connectivity index is 2.62. The first-order valence-electron chi connectivity index (χ1n) is 8.11. The summed E-state index contributed by atoms with van der Waals surface area (Å²) in [4.78, 5) is 0. The molecule has 0 radical (unpaired) electrons. The third kappa shape index (κ3) is 6.66. The largest absolute Gasteiger partial charge is 0.353 e. The lowest BCUT2D eigenvalue weighted by Gasteiger charge is -2.16. The topological polar surface area (TPSA) is 51.1 Å². The summed E-state index contributed by atoms with van der Waals surface area (Å²) < 4.78 is 25.5. The Labute approximate surface area is 129 Å². The normalized spacial score (nSPS) is 13.5. The molecular formula is C16H30N2O2S. The third-order valence-electron chi connectivity index (χ3n) is 3.57. The fourth-order valence-electron chi connectivity index (χ4n) is 2.46. The summed E-state index contributed by atoms with van der Waals surface area (Å²) in [6.45, 7) is 7.82. The van der Waals surface area contributed by atoms with Crippen LogP contribution in [-0.4, -0.2) is 31.0 Å². The Bertz CT molecular complexity index is 494. The number of aromatic nitrogens is 1. The first-order valence-corrected chi connectivity index (χ1v) is 9.94. The summed E-state index contributed by atoms with van der Waals surface area (Å²) in [7, 11) is -2.90. The molecule has 0 fully saturated rings. The summed E-state index contributed by atoms with van der Waals surface area (Å²) in [5, 5.41) is 3.56. The highest BCUT2D eigenvalue weighted by Crippen LogP contribution is 2.19. The van der Waals surface area contributed by atoms with Gasteiger partial charge in [0, 0.05) is 30.7 Å².